The summed E-state index contributed by atoms with van der Waals surface area (Å²) in [6.07, 6.45) is 5.02. The van der Waals surface area contributed by atoms with E-state index in [0.29, 0.717) is 6.54 Å². The maximum atomic E-state index is 11.3. The smallest absolute Gasteiger partial charge is 0.312 e. The predicted molar refractivity (Wildman–Crippen MR) is 49.7 cm³/mol. The van der Waals surface area contributed by atoms with Crippen molar-refractivity contribution in [2.24, 2.45) is 0 Å². The molecule has 0 spiro atoms. The number of rotatable bonds is 3. The molecule has 0 aliphatic heterocycles. The number of nitriles is 1. The van der Waals surface area contributed by atoms with Crippen molar-refractivity contribution in [2.45, 2.75) is 6.92 Å². The van der Waals surface area contributed by atoms with Gasteiger partial charge in [0.15, 0.2) is 0 Å². The molecule has 0 unspecified atom stereocenters. The predicted octanol–water partition coefficient (Wildman–Crippen LogP) is -0.892. The van der Waals surface area contributed by atoms with Crippen LogP contribution in [-0.4, -0.2) is 36.3 Å². The Kier molecular flexibility index (Phi) is 5.57. The van der Waals surface area contributed by atoms with Crippen LogP contribution in [0.5, 0.6) is 0 Å². The third kappa shape index (κ3) is 3.59. The van der Waals surface area contributed by atoms with Gasteiger partial charge >= 0.3 is 11.8 Å². The molecule has 0 saturated heterocycles. The number of nitrogens with zero attached hydrogens (tertiary/aromatic N) is 2. The molecule has 0 bridgehead atoms. The topological polar surface area (TPSA) is 73.2 Å². The van der Waals surface area contributed by atoms with Crippen molar-refractivity contribution in [1.82, 2.24) is 10.2 Å². The summed E-state index contributed by atoms with van der Waals surface area (Å²) in [5.41, 5.74) is 0. The van der Waals surface area contributed by atoms with Crippen molar-refractivity contribution in [3.05, 3.63) is 0 Å². The fourth-order valence-corrected chi connectivity index (χ4v) is 0.776. The Hall–Kier alpha value is -2.01. The Bertz CT molecular complexity index is 298. The molecule has 74 valence electrons. The normalized spacial score (nSPS) is 8.21. The zero-order valence-corrected chi connectivity index (χ0v) is 7.91. The summed E-state index contributed by atoms with van der Waals surface area (Å²) < 4.78 is 0. The van der Waals surface area contributed by atoms with E-state index in [1.807, 2.05) is 0 Å². The van der Waals surface area contributed by atoms with Crippen LogP contribution in [0.2, 0.25) is 0 Å². The van der Waals surface area contributed by atoms with Gasteiger partial charge in [0.25, 0.3) is 0 Å². The lowest BCUT2D eigenvalue weighted by Crippen LogP contribution is -2.43. The number of carbonyl (C=O) groups is 2. The van der Waals surface area contributed by atoms with E-state index in [4.69, 9.17) is 11.7 Å². The third-order valence-electron chi connectivity index (χ3n) is 1.47. The van der Waals surface area contributed by atoms with E-state index in [1.54, 1.807) is 13.0 Å². The molecule has 0 aromatic rings. The summed E-state index contributed by atoms with van der Waals surface area (Å²) in [6.45, 7) is 1.99. The molecule has 0 fully saturated rings. The fourth-order valence-electron chi connectivity index (χ4n) is 0.776. The van der Waals surface area contributed by atoms with Gasteiger partial charge in [-0.1, -0.05) is 5.92 Å². The van der Waals surface area contributed by atoms with E-state index < -0.39 is 11.8 Å². The minimum absolute atomic E-state index is 0.0926. The van der Waals surface area contributed by atoms with E-state index >= 15 is 0 Å². The second kappa shape index (κ2) is 6.50. The van der Waals surface area contributed by atoms with Crippen LogP contribution in [0.25, 0.3) is 0 Å². The third-order valence-corrected chi connectivity index (χ3v) is 1.47. The first-order valence-corrected chi connectivity index (χ1v) is 4.04. The van der Waals surface area contributed by atoms with Gasteiger partial charge < -0.3 is 10.2 Å². The van der Waals surface area contributed by atoms with Gasteiger partial charge in [0.1, 0.15) is 6.54 Å². The molecule has 1 N–H and O–H groups in total. The highest BCUT2D eigenvalue weighted by Gasteiger charge is 2.18. The highest BCUT2D eigenvalue weighted by atomic mass is 16.2. The summed E-state index contributed by atoms with van der Waals surface area (Å²) >= 11 is 0. The highest BCUT2D eigenvalue weighted by Crippen LogP contribution is 1.88. The number of hydrogen-bond acceptors (Lipinski definition) is 3. The molecule has 0 saturated carbocycles. The molecule has 0 rings (SSSR count). The van der Waals surface area contributed by atoms with Gasteiger partial charge in [0.2, 0.25) is 0 Å². The average Bonchev–Trinajstić information content (AvgIpc) is 2.21. The standard InChI is InChI=1S/C9H11N3O2/c1-3-7-12(4-2)9(14)8(13)11-6-5-10/h1H,4,6-7H2,2H3,(H,11,13). The van der Waals surface area contributed by atoms with Crippen LogP contribution in [0.15, 0.2) is 0 Å². The molecule has 0 aromatic heterocycles. The molecule has 0 atom stereocenters. The lowest BCUT2D eigenvalue weighted by molar-refractivity contribution is -0.145. The summed E-state index contributed by atoms with van der Waals surface area (Å²) in [6, 6.07) is 1.70. The molecular weight excluding hydrogens is 182 g/mol. The van der Waals surface area contributed by atoms with Crippen molar-refractivity contribution >= 4 is 11.8 Å². The number of amides is 2. The lowest BCUT2D eigenvalue weighted by Gasteiger charge is -2.16. The summed E-state index contributed by atoms with van der Waals surface area (Å²) in [4.78, 5) is 23.5. The van der Waals surface area contributed by atoms with Gasteiger partial charge in [-0.25, -0.2) is 0 Å². The van der Waals surface area contributed by atoms with Gasteiger partial charge in [-0.05, 0) is 6.92 Å². The second-order valence-electron chi connectivity index (χ2n) is 2.36. The Labute approximate surface area is 82.7 Å². The van der Waals surface area contributed by atoms with Crippen molar-refractivity contribution in [2.75, 3.05) is 19.6 Å². The maximum Gasteiger partial charge on any atom is 0.312 e. The zero-order chi connectivity index (χ0) is 11.0. The maximum absolute atomic E-state index is 11.3. The van der Waals surface area contributed by atoms with Crippen molar-refractivity contribution in [1.29, 1.82) is 5.26 Å². The molecule has 0 aliphatic rings. The number of likely N-dealkylation sites (N-methyl/N-ethyl adjacent to an activating group) is 1. The van der Waals surface area contributed by atoms with Crippen molar-refractivity contribution in [3.8, 4) is 18.4 Å². The van der Waals surface area contributed by atoms with Gasteiger partial charge in [-0.3, -0.25) is 9.59 Å². The van der Waals surface area contributed by atoms with Crippen LogP contribution in [-0.2, 0) is 9.59 Å². The molecule has 5 heteroatoms. The minimum atomic E-state index is -0.802. The van der Waals surface area contributed by atoms with Gasteiger partial charge in [0.05, 0.1) is 12.6 Å². The number of nitrogens with one attached hydrogen (secondary N) is 1. The molecule has 2 amide bonds. The highest BCUT2D eigenvalue weighted by molar-refractivity contribution is 6.35. The monoisotopic (exact) mass is 193 g/mol. The van der Waals surface area contributed by atoms with Crippen LogP contribution < -0.4 is 5.32 Å². The van der Waals surface area contributed by atoms with E-state index in [-0.39, 0.29) is 13.1 Å². The molecule has 0 heterocycles. The summed E-state index contributed by atoms with van der Waals surface area (Å²) in [5, 5.41) is 10.3. The van der Waals surface area contributed by atoms with Crippen LogP contribution in [0.1, 0.15) is 6.92 Å². The minimum Gasteiger partial charge on any atom is -0.335 e. The number of hydrogen-bond donors (Lipinski definition) is 1. The zero-order valence-electron chi connectivity index (χ0n) is 7.91. The quantitative estimate of drug-likeness (QED) is 0.359. The van der Waals surface area contributed by atoms with Gasteiger partial charge in [-0.2, -0.15) is 5.26 Å². The lowest BCUT2D eigenvalue weighted by atomic mass is 10.4. The molecule has 0 aromatic carbocycles. The Morgan fingerprint density at radius 3 is 2.64 bits per heavy atom. The SMILES string of the molecule is C#CCN(CC)C(=O)C(=O)NCC#N. The van der Waals surface area contributed by atoms with Gasteiger partial charge in [0, 0.05) is 6.54 Å². The van der Waals surface area contributed by atoms with Crippen LogP contribution >= 0.6 is 0 Å². The molecule has 5 nitrogen and oxygen atoms in total. The Morgan fingerprint density at radius 1 is 1.57 bits per heavy atom. The van der Waals surface area contributed by atoms with Crippen LogP contribution in [0.4, 0.5) is 0 Å². The number of terminal acetylenes is 1. The molecule has 0 radical (unpaired) electrons. The average molecular weight is 193 g/mol. The fraction of sp³-hybridized carbons (Fsp3) is 0.444. The Balaban J connectivity index is 4.23. The van der Waals surface area contributed by atoms with E-state index in [2.05, 4.69) is 11.2 Å². The van der Waals surface area contributed by atoms with E-state index in [1.165, 1.54) is 4.90 Å². The summed E-state index contributed by atoms with van der Waals surface area (Å²) in [7, 11) is 0. The largest absolute Gasteiger partial charge is 0.335 e. The molecular formula is C9H11N3O2. The first kappa shape index (κ1) is 12.0. The van der Waals surface area contributed by atoms with Crippen LogP contribution in [0.3, 0.4) is 0 Å². The van der Waals surface area contributed by atoms with Gasteiger partial charge in [-0.15, -0.1) is 6.42 Å². The summed E-state index contributed by atoms with van der Waals surface area (Å²) in [5.74, 6) is 0.761. The Morgan fingerprint density at radius 2 is 2.21 bits per heavy atom. The number of carbonyl (C=O) groups excluding carboxylic acids is 2. The first-order valence-electron chi connectivity index (χ1n) is 4.04. The second-order valence-corrected chi connectivity index (χ2v) is 2.36. The van der Waals surface area contributed by atoms with E-state index in [0.717, 1.165) is 0 Å². The molecule has 0 aliphatic carbocycles. The van der Waals surface area contributed by atoms with E-state index in [9.17, 15) is 9.59 Å². The van der Waals surface area contributed by atoms with Crippen LogP contribution in [0, 0.1) is 23.7 Å². The van der Waals surface area contributed by atoms with Crippen molar-refractivity contribution < 1.29 is 9.59 Å². The van der Waals surface area contributed by atoms with Crippen molar-refractivity contribution in [3.63, 3.8) is 0 Å². The molecule has 14 heavy (non-hydrogen) atoms. The first-order chi connectivity index (χ1) is 6.67.